The molecule has 0 saturated heterocycles. The molecule has 2 aromatic rings. The Kier molecular flexibility index (Phi) is 4.73. The fourth-order valence-corrected chi connectivity index (χ4v) is 3.78. The van der Waals surface area contributed by atoms with E-state index < -0.39 is 28.6 Å². The Balaban J connectivity index is 1.88. The summed E-state index contributed by atoms with van der Waals surface area (Å²) in [6, 6.07) is 10.3. The third kappa shape index (κ3) is 3.49. The Hall–Kier alpha value is -2.46. The van der Waals surface area contributed by atoms with Gasteiger partial charge in [0.2, 0.25) is 10.0 Å². The van der Waals surface area contributed by atoms with E-state index in [0.29, 0.717) is 17.7 Å². The van der Waals surface area contributed by atoms with Crippen molar-refractivity contribution in [1.29, 1.82) is 0 Å². The molecule has 0 radical (unpaired) electrons. The van der Waals surface area contributed by atoms with Crippen LogP contribution in [0.25, 0.3) is 0 Å². The minimum atomic E-state index is -4.08. The number of fused-ring (bicyclic) bond motifs is 2. The van der Waals surface area contributed by atoms with E-state index in [1.54, 1.807) is 6.07 Å². The second-order valence-corrected chi connectivity index (χ2v) is 7.20. The van der Waals surface area contributed by atoms with Crippen molar-refractivity contribution in [3.05, 3.63) is 53.6 Å². The number of para-hydroxylation sites is 1. The van der Waals surface area contributed by atoms with Gasteiger partial charge >= 0.3 is 0 Å². The number of sulfonamides is 1. The lowest BCUT2D eigenvalue weighted by Gasteiger charge is -2.21. The molecular formula is C16H16N2O6S. The Bertz CT molecular complexity index is 913. The van der Waals surface area contributed by atoms with Crippen LogP contribution < -0.4 is 14.9 Å². The molecule has 8 nitrogen and oxygen atoms in total. The molecule has 1 amide bonds. The number of ether oxygens (including phenoxy) is 1. The Morgan fingerprint density at radius 2 is 1.88 bits per heavy atom. The number of aliphatic hydroxyl groups excluding tert-OH is 1. The molecule has 25 heavy (non-hydrogen) atoms. The lowest BCUT2D eigenvalue weighted by Crippen LogP contribution is -2.48. The molecule has 0 saturated carbocycles. The molecular weight excluding hydrogens is 348 g/mol. The number of nitrogens with one attached hydrogen (secondary N) is 2. The molecule has 132 valence electrons. The third-order valence-electron chi connectivity index (χ3n) is 3.82. The first-order valence-corrected chi connectivity index (χ1v) is 8.89. The molecule has 1 aliphatic rings. The summed E-state index contributed by atoms with van der Waals surface area (Å²) in [6.07, 6.45) is 0.509. The first-order valence-electron chi connectivity index (χ1n) is 7.40. The van der Waals surface area contributed by atoms with Crippen LogP contribution in [0.3, 0.4) is 0 Å². The first-order chi connectivity index (χ1) is 11.9. The normalized spacial score (nSPS) is 14.0. The van der Waals surface area contributed by atoms with Gasteiger partial charge in [-0.1, -0.05) is 18.2 Å². The van der Waals surface area contributed by atoms with E-state index in [9.17, 15) is 13.2 Å². The van der Waals surface area contributed by atoms with Crippen molar-refractivity contribution < 1.29 is 28.3 Å². The average Bonchev–Trinajstić information content (AvgIpc) is 2.63. The number of hydrogen-bond acceptors (Lipinski definition) is 6. The van der Waals surface area contributed by atoms with E-state index in [1.165, 1.54) is 17.6 Å². The quantitative estimate of drug-likeness (QED) is 0.387. The highest BCUT2D eigenvalue weighted by molar-refractivity contribution is 7.89. The molecule has 0 fully saturated rings. The van der Waals surface area contributed by atoms with Crippen molar-refractivity contribution in [1.82, 2.24) is 10.2 Å². The molecule has 0 aromatic heterocycles. The van der Waals surface area contributed by atoms with Crippen molar-refractivity contribution in [3.63, 3.8) is 0 Å². The van der Waals surface area contributed by atoms with E-state index in [0.717, 1.165) is 11.3 Å². The Labute approximate surface area is 144 Å². The smallest absolute Gasteiger partial charge is 0.263 e. The summed E-state index contributed by atoms with van der Waals surface area (Å²) in [5, 5.41) is 17.7. The summed E-state index contributed by atoms with van der Waals surface area (Å²) in [7, 11) is -4.08. The summed E-state index contributed by atoms with van der Waals surface area (Å²) >= 11 is 0. The molecule has 0 bridgehead atoms. The number of carbonyl (C=O) groups is 1. The molecule has 1 atom stereocenters. The van der Waals surface area contributed by atoms with Gasteiger partial charge in [0.25, 0.3) is 5.91 Å². The van der Waals surface area contributed by atoms with Crippen molar-refractivity contribution in [3.8, 4) is 11.5 Å². The number of benzene rings is 2. The number of hydroxylamine groups is 1. The predicted octanol–water partition coefficient (Wildman–Crippen LogP) is 0.528. The molecule has 4 N–H and O–H groups in total. The predicted molar refractivity (Wildman–Crippen MR) is 86.9 cm³/mol. The maximum absolute atomic E-state index is 12.4. The van der Waals surface area contributed by atoms with Gasteiger partial charge in [-0.15, -0.1) is 0 Å². The second-order valence-electron chi connectivity index (χ2n) is 5.49. The van der Waals surface area contributed by atoms with Crippen LogP contribution in [0.15, 0.2) is 47.4 Å². The van der Waals surface area contributed by atoms with Gasteiger partial charge in [0, 0.05) is 12.0 Å². The van der Waals surface area contributed by atoms with E-state index >= 15 is 0 Å². The second kappa shape index (κ2) is 6.81. The number of hydrogen-bond donors (Lipinski definition) is 4. The minimum absolute atomic E-state index is 0.0709. The number of carbonyl (C=O) groups excluding carboxylic acids is 1. The lowest BCUT2D eigenvalue weighted by atomic mass is 10.0. The minimum Gasteiger partial charge on any atom is -0.457 e. The molecule has 0 unspecified atom stereocenters. The monoisotopic (exact) mass is 364 g/mol. The van der Waals surface area contributed by atoms with Crippen LogP contribution in [-0.2, 0) is 21.2 Å². The Morgan fingerprint density at radius 1 is 1.16 bits per heavy atom. The van der Waals surface area contributed by atoms with Gasteiger partial charge in [-0.05, 0) is 29.8 Å². The van der Waals surface area contributed by atoms with Crippen molar-refractivity contribution >= 4 is 15.9 Å². The zero-order valence-corrected chi connectivity index (χ0v) is 13.8. The zero-order valence-electron chi connectivity index (χ0n) is 13.0. The fourth-order valence-electron chi connectivity index (χ4n) is 2.54. The SMILES string of the molecule is O=C(NO)[C@H](CO)NS(=O)(=O)c1ccc2c(c1)Cc1ccccc1O2. The summed E-state index contributed by atoms with van der Waals surface area (Å²) < 4.78 is 32.7. The van der Waals surface area contributed by atoms with Crippen LogP contribution in [-0.4, -0.2) is 37.3 Å². The van der Waals surface area contributed by atoms with E-state index in [-0.39, 0.29) is 4.90 Å². The topological polar surface area (TPSA) is 125 Å². The highest BCUT2D eigenvalue weighted by Gasteiger charge is 2.26. The van der Waals surface area contributed by atoms with Crippen LogP contribution in [0.2, 0.25) is 0 Å². The van der Waals surface area contributed by atoms with Gasteiger partial charge in [-0.25, -0.2) is 13.9 Å². The summed E-state index contributed by atoms with van der Waals surface area (Å²) in [4.78, 5) is 11.3. The molecule has 1 heterocycles. The summed E-state index contributed by atoms with van der Waals surface area (Å²) in [5.41, 5.74) is 2.93. The van der Waals surface area contributed by atoms with E-state index in [4.69, 9.17) is 15.1 Å². The molecule has 1 aliphatic heterocycles. The fraction of sp³-hybridized carbons (Fsp3) is 0.188. The molecule has 0 aliphatic carbocycles. The summed E-state index contributed by atoms with van der Waals surface area (Å²) in [5.74, 6) is 0.231. The van der Waals surface area contributed by atoms with Gasteiger partial charge in [0.15, 0.2) is 0 Å². The van der Waals surface area contributed by atoms with Gasteiger partial charge < -0.3 is 9.84 Å². The number of aliphatic hydroxyl groups is 1. The largest absolute Gasteiger partial charge is 0.457 e. The Morgan fingerprint density at radius 3 is 2.60 bits per heavy atom. The van der Waals surface area contributed by atoms with Gasteiger partial charge in [0.05, 0.1) is 11.5 Å². The van der Waals surface area contributed by atoms with Crippen LogP contribution in [0.5, 0.6) is 11.5 Å². The van der Waals surface area contributed by atoms with Crippen LogP contribution in [0, 0.1) is 0 Å². The maximum atomic E-state index is 12.4. The third-order valence-corrected chi connectivity index (χ3v) is 5.29. The zero-order chi connectivity index (χ0) is 18.0. The van der Waals surface area contributed by atoms with Gasteiger partial charge in [-0.3, -0.25) is 10.0 Å². The van der Waals surface area contributed by atoms with Crippen LogP contribution >= 0.6 is 0 Å². The number of rotatable bonds is 5. The molecule has 2 aromatic carbocycles. The van der Waals surface area contributed by atoms with Gasteiger partial charge in [0.1, 0.15) is 17.5 Å². The van der Waals surface area contributed by atoms with Crippen molar-refractivity contribution in [2.24, 2.45) is 0 Å². The number of amides is 1. The first kappa shape index (κ1) is 17.4. The highest BCUT2D eigenvalue weighted by Crippen LogP contribution is 2.37. The average molecular weight is 364 g/mol. The van der Waals surface area contributed by atoms with E-state index in [1.807, 2.05) is 29.0 Å². The molecule has 9 heteroatoms. The van der Waals surface area contributed by atoms with E-state index in [2.05, 4.69) is 0 Å². The van der Waals surface area contributed by atoms with Gasteiger partial charge in [-0.2, -0.15) is 4.72 Å². The molecule has 0 spiro atoms. The highest BCUT2D eigenvalue weighted by atomic mass is 32.2. The van der Waals surface area contributed by atoms with Crippen molar-refractivity contribution in [2.45, 2.75) is 17.4 Å². The van der Waals surface area contributed by atoms with Crippen LogP contribution in [0.1, 0.15) is 11.1 Å². The lowest BCUT2D eigenvalue weighted by molar-refractivity contribution is -0.131. The maximum Gasteiger partial charge on any atom is 0.263 e. The standard InChI is InChI=1S/C16H16N2O6S/c19-9-13(16(20)17-21)18-25(22,23)12-5-6-15-11(8-12)7-10-3-1-2-4-14(10)24-15/h1-6,8,13,18-19,21H,7,9H2,(H,17,20)/t13-/m0/s1. The molecule has 3 rings (SSSR count). The van der Waals surface area contributed by atoms with Crippen molar-refractivity contribution in [2.75, 3.05) is 6.61 Å². The van der Waals surface area contributed by atoms with Crippen LogP contribution in [0.4, 0.5) is 0 Å². The summed E-state index contributed by atoms with van der Waals surface area (Å²) in [6.45, 7) is -0.799.